The second-order valence-corrected chi connectivity index (χ2v) is 11.1. The molecular formula is C31H29BrClN5O9. The van der Waals surface area contributed by atoms with Gasteiger partial charge in [-0.15, -0.1) is 0 Å². The molecule has 3 N–H and O–H groups in total. The van der Waals surface area contributed by atoms with Crippen molar-refractivity contribution in [3.05, 3.63) is 102 Å². The number of esters is 1. The van der Waals surface area contributed by atoms with Gasteiger partial charge in [0.2, 0.25) is 5.75 Å². The van der Waals surface area contributed by atoms with Gasteiger partial charge < -0.3 is 29.6 Å². The number of halogens is 2. The summed E-state index contributed by atoms with van der Waals surface area (Å²) in [7, 11) is 1.40. The number of carbonyl (C=O) groups excluding carboxylic acids is 3. The Morgan fingerprint density at radius 3 is 2.64 bits per heavy atom. The Kier molecular flexibility index (Phi) is 11.8. The predicted molar refractivity (Wildman–Crippen MR) is 175 cm³/mol. The van der Waals surface area contributed by atoms with Crippen LogP contribution in [-0.4, -0.2) is 49.4 Å². The maximum atomic E-state index is 12.6. The van der Waals surface area contributed by atoms with Gasteiger partial charge in [-0.1, -0.05) is 29.8 Å². The molecule has 246 valence electrons. The van der Waals surface area contributed by atoms with Gasteiger partial charge in [0, 0.05) is 22.3 Å². The molecule has 3 amide bonds. The number of nitrogens with one attached hydrogen (secondary N) is 3. The third kappa shape index (κ3) is 8.98. The third-order valence-corrected chi connectivity index (χ3v) is 7.39. The van der Waals surface area contributed by atoms with Crippen LogP contribution in [0.1, 0.15) is 36.6 Å². The molecule has 47 heavy (non-hydrogen) atoms. The number of ether oxygens (including phenoxy) is 4. The lowest BCUT2D eigenvalue weighted by molar-refractivity contribution is -0.386. The molecule has 1 aliphatic rings. The first-order valence-electron chi connectivity index (χ1n) is 13.9. The first-order valence-corrected chi connectivity index (χ1v) is 15.1. The van der Waals surface area contributed by atoms with Gasteiger partial charge in [0.05, 0.1) is 40.9 Å². The SMILES string of the molecule is CCOC(=O)C1=C(C)NC(=O)N[C@H]1c1ccc(OCC(=O)N/N=C/c2cc(Br)c(OCc3cccc(Cl)c3)c([N+](=O)[O-])c2)c(OC)c1. The molecule has 0 saturated heterocycles. The van der Waals surface area contributed by atoms with E-state index in [9.17, 15) is 24.5 Å². The van der Waals surface area contributed by atoms with Crippen LogP contribution in [0, 0.1) is 10.1 Å². The summed E-state index contributed by atoms with van der Waals surface area (Å²) < 4.78 is 22.2. The Morgan fingerprint density at radius 1 is 1.15 bits per heavy atom. The number of hydrogen-bond donors (Lipinski definition) is 3. The van der Waals surface area contributed by atoms with E-state index in [2.05, 4.69) is 37.1 Å². The molecule has 16 heteroatoms. The highest BCUT2D eigenvalue weighted by Crippen LogP contribution is 2.37. The number of rotatable bonds is 13. The van der Waals surface area contributed by atoms with Crippen molar-refractivity contribution in [1.82, 2.24) is 16.1 Å². The summed E-state index contributed by atoms with van der Waals surface area (Å²) in [5.74, 6) is -0.741. The zero-order valence-electron chi connectivity index (χ0n) is 25.3. The fourth-order valence-corrected chi connectivity index (χ4v) is 5.29. The van der Waals surface area contributed by atoms with Crippen LogP contribution in [0.25, 0.3) is 0 Å². The van der Waals surface area contributed by atoms with Gasteiger partial charge in [0.1, 0.15) is 6.61 Å². The molecule has 1 atom stereocenters. The standard InChI is InChI=1S/C31H29BrClN5O9/c1-4-45-30(40)27-17(2)35-31(41)36-28(27)20-8-9-24(25(13-20)44-3)46-16-26(39)37-34-14-19-11-22(32)29(23(12-19)38(42)43)47-15-18-6-5-7-21(33)10-18/h5-14,28H,4,15-16H2,1-3H3,(H,37,39)(H2,35,36,41)/b34-14+/t28-/m0/s1. The molecule has 0 spiro atoms. The molecule has 0 unspecified atom stereocenters. The van der Waals surface area contributed by atoms with Crippen molar-refractivity contribution >= 4 is 57.3 Å². The molecule has 0 aliphatic carbocycles. The Bertz CT molecular complexity index is 1770. The predicted octanol–water partition coefficient (Wildman–Crippen LogP) is 5.32. The van der Waals surface area contributed by atoms with Crippen LogP contribution in [0.5, 0.6) is 17.2 Å². The normalized spacial score (nSPS) is 14.2. The number of nitrogens with zero attached hydrogens (tertiary/aromatic N) is 2. The van der Waals surface area contributed by atoms with Gasteiger partial charge in [-0.2, -0.15) is 5.10 Å². The number of nitro groups is 1. The van der Waals surface area contributed by atoms with Crippen molar-refractivity contribution in [3.63, 3.8) is 0 Å². The fourth-order valence-electron chi connectivity index (χ4n) is 4.50. The minimum atomic E-state index is -0.817. The summed E-state index contributed by atoms with van der Waals surface area (Å²) in [4.78, 5) is 48.4. The zero-order chi connectivity index (χ0) is 34.1. The van der Waals surface area contributed by atoms with Crippen molar-refractivity contribution in [2.24, 2.45) is 5.10 Å². The largest absolute Gasteiger partial charge is 0.493 e. The quantitative estimate of drug-likeness (QED) is 0.0909. The number of nitro benzene ring substituents is 1. The van der Waals surface area contributed by atoms with Crippen molar-refractivity contribution in [2.45, 2.75) is 26.5 Å². The van der Waals surface area contributed by atoms with Crippen LogP contribution in [0.15, 0.2) is 75.4 Å². The first-order chi connectivity index (χ1) is 22.5. The minimum absolute atomic E-state index is 0.0235. The van der Waals surface area contributed by atoms with Crippen molar-refractivity contribution < 1.29 is 38.3 Å². The van der Waals surface area contributed by atoms with Gasteiger partial charge in [-0.3, -0.25) is 14.9 Å². The van der Waals surface area contributed by atoms with Crippen LogP contribution >= 0.6 is 27.5 Å². The highest BCUT2D eigenvalue weighted by molar-refractivity contribution is 9.10. The summed E-state index contributed by atoms with van der Waals surface area (Å²) in [6.07, 6.45) is 1.23. The van der Waals surface area contributed by atoms with E-state index in [4.69, 9.17) is 30.5 Å². The topological polar surface area (TPSA) is 180 Å². The molecular weight excluding hydrogens is 702 g/mol. The second-order valence-electron chi connectivity index (χ2n) is 9.81. The van der Waals surface area contributed by atoms with Crippen molar-refractivity contribution in [2.75, 3.05) is 20.3 Å². The Morgan fingerprint density at radius 2 is 1.94 bits per heavy atom. The molecule has 4 rings (SSSR count). The smallest absolute Gasteiger partial charge is 0.338 e. The van der Waals surface area contributed by atoms with Crippen molar-refractivity contribution in [1.29, 1.82) is 0 Å². The van der Waals surface area contributed by atoms with E-state index in [1.54, 1.807) is 56.3 Å². The second kappa shape index (κ2) is 15.9. The molecule has 1 aliphatic heterocycles. The molecule has 14 nitrogen and oxygen atoms in total. The van der Waals surface area contributed by atoms with Gasteiger partial charge in [-0.05, 0) is 71.2 Å². The van der Waals surface area contributed by atoms with Gasteiger partial charge in [0.25, 0.3) is 5.91 Å². The first kappa shape index (κ1) is 34.7. The summed E-state index contributed by atoms with van der Waals surface area (Å²) in [6, 6.07) is 13.1. The van der Waals surface area contributed by atoms with E-state index in [1.165, 1.54) is 25.5 Å². The molecule has 0 fully saturated rings. The number of methoxy groups -OCH3 is 1. The summed E-state index contributed by atoms with van der Waals surface area (Å²) in [6.45, 7) is 3.03. The molecule has 3 aromatic rings. The van der Waals surface area contributed by atoms with E-state index in [0.29, 0.717) is 26.3 Å². The Labute approximate surface area is 282 Å². The average molecular weight is 731 g/mol. The molecule has 3 aromatic carbocycles. The highest BCUT2D eigenvalue weighted by atomic mass is 79.9. The maximum absolute atomic E-state index is 12.6. The Balaban J connectivity index is 1.40. The molecule has 0 bridgehead atoms. The van der Waals surface area contributed by atoms with E-state index in [1.807, 2.05) is 0 Å². The summed E-state index contributed by atoms with van der Waals surface area (Å²) in [5, 5.41) is 21.4. The molecule has 0 radical (unpaired) electrons. The van der Waals surface area contributed by atoms with Crippen LogP contribution in [0.3, 0.4) is 0 Å². The van der Waals surface area contributed by atoms with E-state index >= 15 is 0 Å². The monoisotopic (exact) mass is 729 g/mol. The Hall–Kier alpha value is -5.15. The van der Waals surface area contributed by atoms with E-state index < -0.39 is 35.5 Å². The zero-order valence-corrected chi connectivity index (χ0v) is 27.6. The number of hydrogen-bond acceptors (Lipinski definition) is 10. The van der Waals surface area contributed by atoms with Gasteiger partial charge >= 0.3 is 17.7 Å². The number of urea groups is 1. The average Bonchev–Trinajstić information content (AvgIpc) is 3.02. The van der Waals surface area contributed by atoms with Crippen LogP contribution in [-0.2, 0) is 20.9 Å². The van der Waals surface area contributed by atoms with Crippen LogP contribution in [0.4, 0.5) is 10.5 Å². The fraction of sp³-hybridized carbons (Fsp3) is 0.226. The number of carbonyl (C=O) groups is 3. The minimum Gasteiger partial charge on any atom is -0.493 e. The maximum Gasteiger partial charge on any atom is 0.338 e. The lowest BCUT2D eigenvalue weighted by atomic mass is 9.95. The number of benzene rings is 3. The van der Waals surface area contributed by atoms with Gasteiger partial charge in [-0.25, -0.2) is 15.0 Å². The number of amides is 3. The van der Waals surface area contributed by atoms with Crippen molar-refractivity contribution in [3.8, 4) is 17.2 Å². The van der Waals surface area contributed by atoms with Gasteiger partial charge in [0.15, 0.2) is 18.1 Å². The number of hydrazone groups is 1. The summed E-state index contributed by atoms with van der Waals surface area (Å²) in [5.41, 5.74) is 4.14. The summed E-state index contributed by atoms with van der Waals surface area (Å²) >= 11 is 9.31. The number of allylic oxidation sites excluding steroid dienone is 1. The van der Waals surface area contributed by atoms with E-state index in [0.717, 1.165) is 5.56 Å². The highest BCUT2D eigenvalue weighted by Gasteiger charge is 2.32. The van der Waals surface area contributed by atoms with Crippen LogP contribution < -0.4 is 30.3 Å². The van der Waals surface area contributed by atoms with Crippen LogP contribution in [0.2, 0.25) is 5.02 Å². The molecule has 1 heterocycles. The third-order valence-electron chi connectivity index (χ3n) is 6.56. The lowest BCUT2D eigenvalue weighted by Crippen LogP contribution is -2.45. The van der Waals surface area contributed by atoms with E-state index in [-0.39, 0.29) is 41.7 Å². The molecule has 0 saturated carbocycles. The lowest BCUT2D eigenvalue weighted by Gasteiger charge is -2.28. The molecule has 0 aromatic heterocycles.